The van der Waals surface area contributed by atoms with Crippen LogP contribution < -0.4 is 5.43 Å². The van der Waals surface area contributed by atoms with E-state index >= 15 is 0 Å². The molecule has 0 unspecified atom stereocenters. The predicted octanol–water partition coefficient (Wildman–Crippen LogP) is 2.85. The van der Waals surface area contributed by atoms with Gasteiger partial charge in [-0.1, -0.05) is 0 Å². The van der Waals surface area contributed by atoms with Crippen LogP contribution in [0.2, 0.25) is 0 Å². The molecule has 2 aromatic rings. The highest BCUT2D eigenvalue weighted by Crippen LogP contribution is 2.33. The number of aryl methyl sites for hydroxylation is 2. The summed E-state index contributed by atoms with van der Waals surface area (Å²) in [7, 11) is 0. The van der Waals surface area contributed by atoms with E-state index in [9.17, 15) is 9.59 Å². The lowest BCUT2D eigenvalue weighted by Gasteiger charge is -2.12. The maximum absolute atomic E-state index is 12.6. The van der Waals surface area contributed by atoms with Crippen LogP contribution in [0.15, 0.2) is 28.0 Å². The Kier molecular flexibility index (Phi) is 3.76. The zero-order chi connectivity index (χ0) is 15.0. The summed E-state index contributed by atoms with van der Waals surface area (Å²) >= 11 is 1.82. The minimum Gasteiger partial charge on any atom is -0.462 e. The average Bonchev–Trinajstić information content (AvgIpc) is 2.93. The summed E-state index contributed by atoms with van der Waals surface area (Å²) < 4.78 is 6.94. The van der Waals surface area contributed by atoms with Crippen LogP contribution in [0.4, 0.5) is 0 Å². The van der Waals surface area contributed by atoms with Crippen molar-refractivity contribution in [3.05, 3.63) is 39.7 Å². The Balaban J connectivity index is 2.29. The monoisotopic (exact) mass is 303 g/mol. The first-order chi connectivity index (χ1) is 10.2. The zero-order valence-corrected chi connectivity index (χ0v) is 13.0. The first kappa shape index (κ1) is 14.2. The molecule has 0 saturated carbocycles. The molecule has 0 fully saturated rings. The highest BCUT2D eigenvalue weighted by Gasteiger charge is 2.19. The lowest BCUT2D eigenvalue weighted by atomic mass is 10.1. The quantitative estimate of drug-likeness (QED) is 0.818. The molecule has 110 valence electrons. The molecule has 21 heavy (non-hydrogen) atoms. The molecule has 0 bridgehead atoms. The van der Waals surface area contributed by atoms with Gasteiger partial charge in [-0.25, -0.2) is 4.79 Å². The van der Waals surface area contributed by atoms with Gasteiger partial charge in [0, 0.05) is 28.8 Å². The molecular formula is C16H17NO3S. The molecule has 0 aliphatic carbocycles. The molecule has 0 radical (unpaired) electrons. The molecule has 0 amide bonds. The minimum absolute atomic E-state index is 0.122. The number of aromatic nitrogens is 1. The summed E-state index contributed by atoms with van der Waals surface area (Å²) in [6, 6.07) is 4.02. The average molecular weight is 303 g/mol. The number of thioether (sulfide) groups is 1. The number of nitrogens with zero attached hydrogens (tertiary/aromatic N) is 1. The molecule has 2 heterocycles. The van der Waals surface area contributed by atoms with Crippen LogP contribution in [0.3, 0.4) is 0 Å². The second-order valence-corrected chi connectivity index (χ2v) is 6.09. The van der Waals surface area contributed by atoms with Crippen molar-refractivity contribution in [3.63, 3.8) is 0 Å². The lowest BCUT2D eigenvalue weighted by Crippen LogP contribution is -2.21. The van der Waals surface area contributed by atoms with E-state index in [1.165, 1.54) is 10.5 Å². The standard InChI is InChI=1S/C16H17NO3S/c1-3-17-9-12(16(19)20-4-2)15(18)11-7-10-5-6-21-14(10)8-13(11)17/h7-9H,3-6H2,1-2H3. The number of hydrogen-bond acceptors (Lipinski definition) is 4. The van der Waals surface area contributed by atoms with Crippen molar-refractivity contribution in [1.82, 2.24) is 4.57 Å². The van der Waals surface area contributed by atoms with E-state index < -0.39 is 5.97 Å². The Morgan fingerprint density at radius 2 is 2.19 bits per heavy atom. The smallest absolute Gasteiger partial charge is 0.343 e. The first-order valence-corrected chi connectivity index (χ1v) is 8.14. The third-order valence-corrected chi connectivity index (χ3v) is 4.83. The van der Waals surface area contributed by atoms with Gasteiger partial charge in [0.2, 0.25) is 5.43 Å². The molecule has 1 aromatic heterocycles. The SMILES string of the molecule is CCOC(=O)c1cn(CC)c2cc3c(cc2c1=O)CCS3. The van der Waals surface area contributed by atoms with Gasteiger partial charge < -0.3 is 9.30 Å². The van der Waals surface area contributed by atoms with Gasteiger partial charge in [0.15, 0.2) is 0 Å². The Morgan fingerprint density at radius 3 is 2.90 bits per heavy atom. The number of carbonyl (C=O) groups excluding carboxylic acids is 1. The highest BCUT2D eigenvalue weighted by molar-refractivity contribution is 7.99. The summed E-state index contributed by atoms with van der Waals surface area (Å²) in [4.78, 5) is 25.8. The Labute approximate surface area is 127 Å². The molecule has 0 atom stereocenters. The van der Waals surface area contributed by atoms with E-state index in [2.05, 4.69) is 6.07 Å². The normalized spacial score (nSPS) is 13.4. The van der Waals surface area contributed by atoms with Crippen LogP contribution in [0.25, 0.3) is 10.9 Å². The summed E-state index contributed by atoms with van der Waals surface area (Å²) in [6.45, 7) is 4.70. The second-order valence-electron chi connectivity index (χ2n) is 4.95. The van der Waals surface area contributed by atoms with Crippen LogP contribution in [0.5, 0.6) is 0 Å². The molecule has 0 N–H and O–H groups in total. The minimum atomic E-state index is -0.540. The third-order valence-electron chi connectivity index (χ3n) is 3.73. The summed E-state index contributed by atoms with van der Waals surface area (Å²) in [5.74, 6) is 0.512. The van der Waals surface area contributed by atoms with Gasteiger partial charge in [0.1, 0.15) is 5.56 Å². The molecule has 3 rings (SSSR count). The Bertz CT molecular complexity index is 779. The number of carbonyl (C=O) groups is 1. The summed E-state index contributed by atoms with van der Waals surface area (Å²) in [5.41, 5.74) is 1.99. The van der Waals surface area contributed by atoms with E-state index in [4.69, 9.17) is 4.74 Å². The molecule has 5 heteroatoms. The zero-order valence-electron chi connectivity index (χ0n) is 12.1. The van der Waals surface area contributed by atoms with Crippen molar-refractivity contribution in [2.24, 2.45) is 0 Å². The molecule has 1 aromatic carbocycles. The van der Waals surface area contributed by atoms with Gasteiger partial charge >= 0.3 is 5.97 Å². The van der Waals surface area contributed by atoms with Gasteiger partial charge in [0.25, 0.3) is 0 Å². The van der Waals surface area contributed by atoms with E-state index in [-0.39, 0.29) is 17.6 Å². The van der Waals surface area contributed by atoms with Crippen molar-refractivity contribution in [3.8, 4) is 0 Å². The van der Waals surface area contributed by atoms with E-state index in [0.717, 1.165) is 17.7 Å². The van der Waals surface area contributed by atoms with E-state index in [0.29, 0.717) is 11.9 Å². The van der Waals surface area contributed by atoms with Crippen LogP contribution in [0, 0.1) is 0 Å². The molecule has 0 spiro atoms. The Morgan fingerprint density at radius 1 is 1.38 bits per heavy atom. The molecule has 1 aliphatic heterocycles. The van der Waals surface area contributed by atoms with Crippen molar-refractivity contribution >= 4 is 28.6 Å². The molecule has 4 nitrogen and oxygen atoms in total. The van der Waals surface area contributed by atoms with E-state index in [1.807, 2.05) is 29.3 Å². The number of hydrogen-bond donors (Lipinski definition) is 0. The second kappa shape index (κ2) is 5.56. The van der Waals surface area contributed by atoms with Crippen LogP contribution in [-0.2, 0) is 17.7 Å². The largest absolute Gasteiger partial charge is 0.462 e. The van der Waals surface area contributed by atoms with E-state index in [1.54, 1.807) is 13.1 Å². The van der Waals surface area contributed by atoms with Crippen LogP contribution in [-0.4, -0.2) is 22.9 Å². The summed E-state index contributed by atoms with van der Waals surface area (Å²) in [5, 5.41) is 0.614. The fourth-order valence-corrected chi connectivity index (χ4v) is 3.76. The first-order valence-electron chi connectivity index (χ1n) is 7.15. The number of rotatable bonds is 3. The van der Waals surface area contributed by atoms with Crippen molar-refractivity contribution in [1.29, 1.82) is 0 Å². The van der Waals surface area contributed by atoms with Crippen molar-refractivity contribution < 1.29 is 9.53 Å². The number of esters is 1. The fraction of sp³-hybridized carbons (Fsp3) is 0.375. The van der Waals surface area contributed by atoms with Crippen molar-refractivity contribution in [2.45, 2.75) is 31.7 Å². The highest BCUT2D eigenvalue weighted by atomic mass is 32.2. The molecular weight excluding hydrogens is 286 g/mol. The van der Waals surface area contributed by atoms with Gasteiger partial charge in [0.05, 0.1) is 12.1 Å². The van der Waals surface area contributed by atoms with Gasteiger partial charge in [-0.3, -0.25) is 4.79 Å². The van der Waals surface area contributed by atoms with Gasteiger partial charge in [-0.05, 0) is 38.0 Å². The predicted molar refractivity (Wildman–Crippen MR) is 84.3 cm³/mol. The van der Waals surface area contributed by atoms with Gasteiger partial charge in [-0.2, -0.15) is 0 Å². The lowest BCUT2D eigenvalue weighted by molar-refractivity contribution is 0.0524. The topological polar surface area (TPSA) is 48.3 Å². The van der Waals surface area contributed by atoms with Crippen molar-refractivity contribution in [2.75, 3.05) is 12.4 Å². The number of pyridine rings is 1. The fourth-order valence-electron chi connectivity index (χ4n) is 2.68. The maximum atomic E-state index is 12.6. The van der Waals surface area contributed by atoms with Crippen LogP contribution in [0.1, 0.15) is 29.8 Å². The molecule has 0 saturated heterocycles. The number of fused-ring (bicyclic) bond motifs is 2. The third kappa shape index (κ3) is 2.35. The molecule has 1 aliphatic rings. The van der Waals surface area contributed by atoms with Gasteiger partial charge in [-0.15, -0.1) is 11.8 Å². The maximum Gasteiger partial charge on any atom is 0.343 e. The Hall–Kier alpha value is -1.75. The van der Waals surface area contributed by atoms with Crippen LogP contribution >= 0.6 is 11.8 Å². The number of benzene rings is 1. The number of ether oxygens (including phenoxy) is 1. The summed E-state index contributed by atoms with van der Waals surface area (Å²) in [6.07, 6.45) is 2.60.